The van der Waals surface area contributed by atoms with Crippen LogP contribution < -0.4 is 11.1 Å². The minimum atomic E-state index is -0.620. The van der Waals surface area contributed by atoms with Gasteiger partial charge in [0.05, 0.1) is 12.5 Å². The van der Waals surface area contributed by atoms with Crippen LogP contribution in [0.1, 0.15) is 39.5 Å². The number of nitrogens with one attached hydrogen (secondary N) is 1. The molecule has 0 bridgehead atoms. The fraction of sp³-hybridized carbons (Fsp3) is 0.846. The first-order valence-electron chi connectivity index (χ1n) is 6.54. The summed E-state index contributed by atoms with van der Waals surface area (Å²) in [7, 11) is 1.31. The molecule has 104 valence electrons. The molecule has 0 unspecified atom stereocenters. The smallest absolute Gasteiger partial charge is 0.328 e. The lowest BCUT2D eigenvalue weighted by atomic mass is 9.70. The standard InChI is InChI=1S/C13H24N2O3/c1-9-4-6-13(8-14,7-5-9)12(17)15-10(2)11(16)18-3/h9-10H,4-8,14H2,1-3H3,(H,15,17)/t9?,10-,13?/m0/s1. The Morgan fingerprint density at radius 3 is 2.44 bits per heavy atom. The number of amides is 1. The average Bonchev–Trinajstić information content (AvgIpc) is 2.38. The number of esters is 1. The third-order valence-corrected chi connectivity index (χ3v) is 4.01. The van der Waals surface area contributed by atoms with Gasteiger partial charge in [0.25, 0.3) is 0 Å². The Morgan fingerprint density at radius 1 is 1.44 bits per heavy atom. The minimum absolute atomic E-state index is 0.116. The van der Waals surface area contributed by atoms with Gasteiger partial charge in [-0.05, 0) is 38.5 Å². The monoisotopic (exact) mass is 256 g/mol. The van der Waals surface area contributed by atoms with Gasteiger partial charge in [-0.2, -0.15) is 0 Å². The molecule has 0 spiro atoms. The zero-order chi connectivity index (χ0) is 13.8. The van der Waals surface area contributed by atoms with E-state index in [-0.39, 0.29) is 5.91 Å². The summed E-state index contributed by atoms with van der Waals surface area (Å²) in [6, 6.07) is -0.620. The van der Waals surface area contributed by atoms with Crippen molar-refractivity contribution in [2.24, 2.45) is 17.1 Å². The van der Waals surface area contributed by atoms with Crippen molar-refractivity contribution >= 4 is 11.9 Å². The summed E-state index contributed by atoms with van der Waals surface area (Å²) < 4.78 is 4.60. The molecule has 3 N–H and O–H groups in total. The van der Waals surface area contributed by atoms with Crippen molar-refractivity contribution in [2.45, 2.75) is 45.6 Å². The lowest BCUT2D eigenvalue weighted by Crippen LogP contribution is -2.52. The number of hydrogen-bond acceptors (Lipinski definition) is 4. The third-order valence-electron chi connectivity index (χ3n) is 4.01. The molecule has 0 saturated heterocycles. The first-order valence-corrected chi connectivity index (χ1v) is 6.54. The first kappa shape index (κ1) is 15.0. The maximum absolute atomic E-state index is 12.3. The van der Waals surface area contributed by atoms with Gasteiger partial charge in [-0.25, -0.2) is 4.79 Å². The third kappa shape index (κ3) is 3.22. The van der Waals surface area contributed by atoms with Gasteiger partial charge in [0, 0.05) is 6.54 Å². The van der Waals surface area contributed by atoms with Crippen molar-refractivity contribution in [3.05, 3.63) is 0 Å². The fourth-order valence-corrected chi connectivity index (χ4v) is 2.42. The first-order chi connectivity index (χ1) is 8.45. The Morgan fingerprint density at radius 2 is 2.00 bits per heavy atom. The molecule has 1 rings (SSSR count). The van der Waals surface area contributed by atoms with E-state index >= 15 is 0 Å². The van der Waals surface area contributed by atoms with Gasteiger partial charge in [0.1, 0.15) is 6.04 Å². The van der Waals surface area contributed by atoms with E-state index in [1.54, 1.807) is 6.92 Å². The largest absolute Gasteiger partial charge is 0.467 e. The number of rotatable bonds is 4. The number of nitrogens with two attached hydrogens (primary N) is 1. The Hall–Kier alpha value is -1.10. The van der Waals surface area contributed by atoms with Crippen LogP contribution in [0.4, 0.5) is 0 Å². The molecule has 0 aliphatic heterocycles. The quantitative estimate of drug-likeness (QED) is 0.730. The summed E-state index contributed by atoms with van der Waals surface area (Å²) in [6.45, 7) is 4.15. The van der Waals surface area contributed by atoms with Crippen LogP contribution in [0.3, 0.4) is 0 Å². The molecule has 0 aromatic rings. The Balaban J connectivity index is 2.65. The lowest BCUT2D eigenvalue weighted by Gasteiger charge is -2.37. The van der Waals surface area contributed by atoms with Gasteiger partial charge in [-0.15, -0.1) is 0 Å². The topological polar surface area (TPSA) is 81.4 Å². The van der Waals surface area contributed by atoms with E-state index in [1.165, 1.54) is 7.11 Å². The van der Waals surface area contributed by atoms with Crippen LogP contribution in [0.15, 0.2) is 0 Å². The molecule has 1 atom stereocenters. The predicted molar refractivity (Wildman–Crippen MR) is 68.7 cm³/mol. The van der Waals surface area contributed by atoms with Gasteiger partial charge in [0.15, 0.2) is 0 Å². The molecule has 1 amide bonds. The Labute approximate surface area is 108 Å². The second kappa shape index (κ2) is 6.18. The molecule has 0 aromatic heterocycles. The number of carbonyl (C=O) groups excluding carboxylic acids is 2. The Bertz CT molecular complexity index is 309. The summed E-state index contributed by atoms with van der Waals surface area (Å²) in [6.07, 6.45) is 3.61. The highest BCUT2D eigenvalue weighted by Crippen LogP contribution is 2.38. The summed E-state index contributed by atoms with van der Waals surface area (Å²) in [5.74, 6) is 0.102. The average molecular weight is 256 g/mol. The SMILES string of the molecule is COC(=O)[C@H](C)NC(=O)C1(CN)CCC(C)CC1. The molecule has 0 aromatic carbocycles. The van der Waals surface area contributed by atoms with E-state index in [2.05, 4.69) is 17.0 Å². The highest BCUT2D eigenvalue weighted by molar-refractivity contribution is 5.88. The predicted octanol–water partition coefficient (Wildman–Crippen LogP) is 0.819. The molecule has 5 nitrogen and oxygen atoms in total. The zero-order valence-electron chi connectivity index (χ0n) is 11.5. The van der Waals surface area contributed by atoms with Crippen molar-refractivity contribution in [3.8, 4) is 0 Å². The Kier molecular flexibility index (Phi) is 5.14. The van der Waals surface area contributed by atoms with Crippen LogP contribution in [-0.2, 0) is 14.3 Å². The van der Waals surface area contributed by atoms with Crippen LogP contribution >= 0.6 is 0 Å². The van der Waals surface area contributed by atoms with Crippen LogP contribution in [-0.4, -0.2) is 31.6 Å². The molecular formula is C13H24N2O3. The molecule has 0 radical (unpaired) electrons. The summed E-state index contributed by atoms with van der Waals surface area (Å²) in [4.78, 5) is 23.6. The van der Waals surface area contributed by atoms with E-state index in [1.807, 2.05) is 0 Å². The molecule has 18 heavy (non-hydrogen) atoms. The van der Waals surface area contributed by atoms with Crippen molar-refractivity contribution < 1.29 is 14.3 Å². The van der Waals surface area contributed by atoms with Crippen LogP contribution in [0.5, 0.6) is 0 Å². The van der Waals surface area contributed by atoms with Crippen molar-refractivity contribution in [1.29, 1.82) is 0 Å². The van der Waals surface area contributed by atoms with E-state index in [0.717, 1.165) is 25.7 Å². The molecule has 1 fully saturated rings. The highest BCUT2D eigenvalue weighted by Gasteiger charge is 2.40. The molecule has 1 aliphatic carbocycles. The zero-order valence-corrected chi connectivity index (χ0v) is 11.5. The number of ether oxygens (including phenoxy) is 1. The maximum Gasteiger partial charge on any atom is 0.328 e. The van der Waals surface area contributed by atoms with Gasteiger partial charge >= 0.3 is 5.97 Å². The van der Waals surface area contributed by atoms with Gasteiger partial charge in [0.2, 0.25) is 5.91 Å². The molecule has 1 aliphatic rings. The number of carbonyl (C=O) groups is 2. The van der Waals surface area contributed by atoms with Gasteiger partial charge in [-0.1, -0.05) is 6.92 Å². The normalized spacial score (nSPS) is 29.4. The number of hydrogen-bond donors (Lipinski definition) is 2. The van der Waals surface area contributed by atoms with Crippen molar-refractivity contribution in [1.82, 2.24) is 5.32 Å². The number of methoxy groups -OCH3 is 1. The second-order valence-electron chi connectivity index (χ2n) is 5.39. The summed E-state index contributed by atoms with van der Waals surface area (Å²) in [5.41, 5.74) is 5.29. The maximum atomic E-state index is 12.3. The molecule has 0 heterocycles. The van der Waals surface area contributed by atoms with Crippen molar-refractivity contribution in [2.75, 3.05) is 13.7 Å². The minimum Gasteiger partial charge on any atom is -0.467 e. The van der Waals surface area contributed by atoms with E-state index in [0.29, 0.717) is 12.5 Å². The summed E-state index contributed by atoms with van der Waals surface area (Å²) in [5, 5.41) is 2.71. The van der Waals surface area contributed by atoms with Crippen LogP contribution in [0.25, 0.3) is 0 Å². The van der Waals surface area contributed by atoms with E-state index in [9.17, 15) is 9.59 Å². The second-order valence-corrected chi connectivity index (χ2v) is 5.39. The fourth-order valence-electron chi connectivity index (χ4n) is 2.42. The van der Waals surface area contributed by atoms with Gasteiger partial charge in [-0.3, -0.25) is 4.79 Å². The van der Waals surface area contributed by atoms with E-state index in [4.69, 9.17) is 5.73 Å². The van der Waals surface area contributed by atoms with Crippen LogP contribution in [0, 0.1) is 11.3 Å². The van der Waals surface area contributed by atoms with Gasteiger partial charge < -0.3 is 15.8 Å². The summed E-state index contributed by atoms with van der Waals surface area (Å²) >= 11 is 0. The lowest BCUT2D eigenvalue weighted by molar-refractivity contribution is -0.146. The molecule has 1 saturated carbocycles. The van der Waals surface area contributed by atoms with E-state index < -0.39 is 17.4 Å². The molecular weight excluding hydrogens is 232 g/mol. The van der Waals surface area contributed by atoms with Crippen molar-refractivity contribution in [3.63, 3.8) is 0 Å². The van der Waals surface area contributed by atoms with Crippen LogP contribution in [0.2, 0.25) is 0 Å². The highest BCUT2D eigenvalue weighted by atomic mass is 16.5. The molecule has 5 heteroatoms.